The van der Waals surface area contributed by atoms with E-state index < -0.39 is 16.0 Å². The number of pyridine rings is 1. The molecule has 130 valence electrons. The highest BCUT2D eigenvalue weighted by Crippen LogP contribution is 2.26. The Hall–Kier alpha value is -2.38. The fourth-order valence-corrected chi connectivity index (χ4v) is 4.18. The van der Waals surface area contributed by atoms with E-state index in [-0.39, 0.29) is 23.2 Å². The number of esters is 1. The van der Waals surface area contributed by atoms with Crippen LogP contribution in [0.1, 0.15) is 23.0 Å². The quantitative estimate of drug-likeness (QED) is 0.503. The molecule has 0 radical (unpaired) electrons. The number of carbonyl (C=O) groups is 1. The first-order valence-electron chi connectivity index (χ1n) is 7.54. The number of rotatable bonds is 5. The van der Waals surface area contributed by atoms with Gasteiger partial charge in [0.15, 0.2) is 5.69 Å². The third-order valence-electron chi connectivity index (χ3n) is 3.58. The summed E-state index contributed by atoms with van der Waals surface area (Å²) in [6, 6.07) is 11.8. The Morgan fingerprint density at radius 2 is 1.96 bits per heavy atom. The Labute approximate surface area is 150 Å². The molecule has 0 aliphatic heterocycles. The van der Waals surface area contributed by atoms with Crippen molar-refractivity contribution < 1.29 is 17.9 Å². The van der Waals surface area contributed by atoms with Crippen molar-refractivity contribution in [1.82, 2.24) is 8.96 Å². The molecule has 3 aromatic rings. The number of nitrogens with zero attached hydrogens (tertiary/aromatic N) is 2. The molecule has 0 saturated heterocycles. The molecule has 6 nitrogen and oxygen atoms in total. The molecule has 2 heterocycles. The maximum Gasteiger partial charge on any atom is 0.357 e. The van der Waals surface area contributed by atoms with Crippen molar-refractivity contribution in [2.75, 3.05) is 6.61 Å². The lowest BCUT2D eigenvalue weighted by Gasteiger charge is -2.09. The summed E-state index contributed by atoms with van der Waals surface area (Å²) in [5.41, 5.74) is 0.920. The van der Waals surface area contributed by atoms with Gasteiger partial charge in [0.1, 0.15) is 5.15 Å². The van der Waals surface area contributed by atoms with E-state index in [1.807, 2.05) is 6.07 Å². The number of carbonyl (C=O) groups excluding carboxylic acids is 1. The molecule has 0 spiro atoms. The lowest BCUT2D eigenvalue weighted by atomic mass is 10.2. The Bertz CT molecular complexity index is 1030. The molecule has 0 aliphatic rings. The standard InChI is InChI=1S/C17H15ClN2O4S/c1-2-24-17(21)14-10-15-13(16(18)19-14)8-9-20(15)25(22,23)11-12-6-4-3-5-7-12/h3-10H,2,11H2,1H3. The van der Waals surface area contributed by atoms with E-state index >= 15 is 0 Å². The average Bonchev–Trinajstić information content (AvgIpc) is 3.01. The maximum atomic E-state index is 12.8. The van der Waals surface area contributed by atoms with Crippen LogP contribution in [-0.4, -0.2) is 30.0 Å². The van der Waals surface area contributed by atoms with E-state index in [1.54, 1.807) is 37.3 Å². The molecule has 1 aromatic carbocycles. The number of ether oxygens (including phenoxy) is 1. The minimum atomic E-state index is -3.69. The molecule has 8 heteroatoms. The first-order valence-corrected chi connectivity index (χ1v) is 9.53. The van der Waals surface area contributed by atoms with E-state index in [4.69, 9.17) is 16.3 Å². The predicted molar refractivity (Wildman–Crippen MR) is 95.2 cm³/mol. The van der Waals surface area contributed by atoms with Gasteiger partial charge in [-0.25, -0.2) is 22.2 Å². The van der Waals surface area contributed by atoms with Gasteiger partial charge in [0, 0.05) is 11.6 Å². The molecule has 0 unspecified atom stereocenters. The van der Waals surface area contributed by atoms with Crippen LogP contribution < -0.4 is 0 Å². The number of aromatic nitrogens is 2. The number of halogens is 1. The third-order valence-corrected chi connectivity index (χ3v) is 5.48. The van der Waals surface area contributed by atoms with Crippen molar-refractivity contribution in [3.63, 3.8) is 0 Å². The lowest BCUT2D eigenvalue weighted by molar-refractivity contribution is 0.0519. The molecule has 0 aliphatic carbocycles. The van der Waals surface area contributed by atoms with E-state index in [2.05, 4.69) is 4.98 Å². The van der Waals surface area contributed by atoms with Crippen LogP contribution in [0.2, 0.25) is 5.15 Å². The van der Waals surface area contributed by atoms with Crippen molar-refractivity contribution >= 4 is 38.5 Å². The van der Waals surface area contributed by atoms with Crippen LogP contribution in [0.25, 0.3) is 10.9 Å². The largest absolute Gasteiger partial charge is 0.461 e. The van der Waals surface area contributed by atoms with Crippen molar-refractivity contribution in [3.8, 4) is 0 Å². The van der Waals surface area contributed by atoms with Crippen molar-refractivity contribution in [3.05, 3.63) is 65.1 Å². The zero-order valence-electron chi connectivity index (χ0n) is 13.3. The molecule has 25 heavy (non-hydrogen) atoms. The maximum absolute atomic E-state index is 12.8. The van der Waals surface area contributed by atoms with Crippen LogP contribution in [0.15, 0.2) is 48.7 Å². The van der Waals surface area contributed by atoms with Crippen molar-refractivity contribution in [2.24, 2.45) is 0 Å². The third kappa shape index (κ3) is 3.52. The number of hydrogen-bond donors (Lipinski definition) is 0. The second kappa shape index (κ2) is 6.85. The zero-order chi connectivity index (χ0) is 18.0. The van der Waals surface area contributed by atoms with Gasteiger partial charge in [0.2, 0.25) is 10.0 Å². The molecule has 0 N–H and O–H groups in total. The minimum Gasteiger partial charge on any atom is -0.461 e. The normalized spacial score (nSPS) is 11.6. The minimum absolute atomic E-state index is 0.0331. The molecule has 0 saturated carbocycles. The second-order valence-corrected chi connectivity index (χ2v) is 7.51. The smallest absolute Gasteiger partial charge is 0.357 e. The van der Waals surface area contributed by atoms with Crippen molar-refractivity contribution in [2.45, 2.75) is 12.7 Å². The molecular formula is C17H15ClN2O4S. The van der Waals surface area contributed by atoms with Crippen LogP contribution in [0.5, 0.6) is 0 Å². The van der Waals surface area contributed by atoms with Crippen LogP contribution in [0.3, 0.4) is 0 Å². The van der Waals surface area contributed by atoms with Crippen LogP contribution >= 0.6 is 11.6 Å². The zero-order valence-corrected chi connectivity index (χ0v) is 14.9. The number of fused-ring (bicyclic) bond motifs is 1. The van der Waals surface area contributed by atoms with Gasteiger partial charge in [-0.05, 0) is 24.6 Å². The van der Waals surface area contributed by atoms with E-state index in [0.717, 1.165) is 3.97 Å². The molecule has 2 aromatic heterocycles. The van der Waals surface area contributed by atoms with Gasteiger partial charge in [0.25, 0.3) is 0 Å². The van der Waals surface area contributed by atoms with Crippen LogP contribution in [0.4, 0.5) is 0 Å². The van der Waals surface area contributed by atoms with Gasteiger partial charge in [-0.1, -0.05) is 41.9 Å². The Morgan fingerprint density at radius 1 is 1.24 bits per heavy atom. The molecule has 0 atom stereocenters. The van der Waals surface area contributed by atoms with E-state index in [0.29, 0.717) is 16.5 Å². The summed E-state index contributed by atoms with van der Waals surface area (Å²) in [6.07, 6.45) is 1.41. The average molecular weight is 379 g/mol. The summed E-state index contributed by atoms with van der Waals surface area (Å²) in [5, 5.41) is 0.501. The fraction of sp³-hybridized carbons (Fsp3) is 0.176. The van der Waals surface area contributed by atoms with E-state index in [9.17, 15) is 13.2 Å². The SMILES string of the molecule is CCOC(=O)c1cc2c(ccn2S(=O)(=O)Cc2ccccc2)c(Cl)n1. The van der Waals surface area contributed by atoms with Crippen molar-refractivity contribution in [1.29, 1.82) is 0 Å². The summed E-state index contributed by atoms with van der Waals surface area (Å²) in [7, 11) is -3.69. The monoisotopic (exact) mass is 378 g/mol. The second-order valence-electron chi connectivity index (χ2n) is 5.30. The van der Waals surface area contributed by atoms with Gasteiger partial charge in [0.05, 0.1) is 17.9 Å². The lowest BCUT2D eigenvalue weighted by Crippen LogP contribution is -2.15. The Kier molecular flexibility index (Phi) is 4.78. The summed E-state index contributed by atoms with van der Waals surface area (Å²) in [6.45, 7) is 1.86. The highest BCUT2D eigenvalue weighted by Gasteiger charge is 2.20. The molecule has 0 fully saturated rings. The van der Waals surface area contributed by atoms with Gasteiger partial charge < -0.3 is 4.74 Å². The number of hydrogen-bond acceptors (Lipinski definition) is 5. The molecular weight excluding hydrogens is 364 g/mol. The summed E-state index contributed by atoms with van der Waals surface area (Å²) < 4.78 is 31.6. The van der Waals surface area contributed by atoms with Gasteiger partial charge in [-0.2, -0.15) is 0 Å². The van der Waals surface area contributed by atoms with Crippen LogP contribution in [0, 0.1) is 0 Å². The summed E-state index contributed by atoms with van der Waals surface area (Å²) in [4.78, 5) is 15.9. The molecule has 0 amide bonds. The van der Waals surface area contributed by atoms with Gasteiger partial charge in [-0.3, -0.25) is 0 Å². The van der Waals surface area contributed by atoms with Crippen LogP contribution in [-0.2, 0) is 20.5 Å². The highest BCUT2D eigenvalue weighted by molar-refractivity contribution is 7.89. The molecule has 0 bridgehead atoms. The summed E-state index contributed by atoms with van der Waals surface area (Å²) >= 11 is 6.10. The Balaban J connectivity index is 2.08. The first-order chi connectivity index (χ1) is 11.9. The fourth-order valence-electron chi connectivity index (χ4n) is 2.48. The topological polar surface area (TPSA) is 78.3 Å². The first kappa shape index (κ1) is 17.4. The Morgan fingerprint density at radius 3 is 2.64 bits per heavy atom. The van der Waals surface area contributed by atoms with E-state index in [1.165, 1.54) is 12.3 Å². The number of benzene rings is 1. The summed E-state index contributed by atoms with van der Waals surface area (Å²) in [5.74, 6) is -0.828. The molecule has 3 rings (SSSR count). The van der Waals surface area contributed by atoms with Gasteiger partial charge >= 0.3 is 5.97 Å². The highest BCUT2D eigenvalue weighted by atomic mass is 35.5. The predicted octanol–water partition coefficient (Wildman–Crippen LogP) is 3.24. The van der Waals surface area contributed by atoms with Gasteiger partial charge in [-0.15, -0.1) is 0 Å².